The summed E-state index contributed by atoms with van der Waals surface area (Å²) in [6.45, 7) is 21.1. The fraction of sp³-hybridized carbons (Fsp3) is 0.476. The van der Waals surface area contributed by atoms with Crippen LogP contribution in [0.4, 0.5) is 19.2 Å². The summed E-state index contributed by atoms with van der Waals surface area (Å²) in [6.07, 6.45) is 1.69. The predicted molar refractivity (Wildman–Crippen MR) is 217 cm³/mol. The summed E-state index contributed by atoms with van der Waals surface area (Å²) >= 11 is 0. The molecule has 2 heterocycles. The third-order valence-corrected chi connectivity index (χ3v) is 7.18. The molecule has 58 heavy (non-hydrogen) atoms. The Labute approximate surface area is 340 Å². The van der Waals surface area contributed by atoms with Crippen molar-refractivity contribution in [1.82, 2.24) is 30.2 Å². The van der Waals surface area contributed by atoms with Gasteiger partial charge in [0.25, 0.3) is 0 Å². The Balaban J connectivity index is 0.000000348. The lowest BCUT2D eigenvalue weighted by molar-refractivity contribution is -0.0280. The molecule has 2 aromatic heterocycles. The Morgan fingerprint density at radius 1 is 0.707 bits per heavy atom. The molecule has 2 aromatic carbocycles. The van der Waals surface area contributed by atoms with E-state index in [-0.39, 0.29) is 13.1 Å². The maximum absolute atomic E-state index is 12.5. The van der Waals surface area contributed by atoms with Gasteiger partial charge in [0.05, 0.1) is 43.1 Å². The standard InChI is InChI=1S/C26H37N3O7.C16H21N3O3/c1-24(2,3)34-21(30)27-14-20(33-23(32)36-26(7,8)9)18-13-11-10-12-17(18)19-15-29(16-28-19)22(31)35-25(4,5)6;1-16(2,3)22-15(21)18-9-14(20)12-7-5-4-6-11(12)13-8-17-10-19-13/h10-13,15-16,20H,14H2,1-9H3,(H,27,30);4-8,10,14,20H,9H2,1-3H3,(H,17,19)(H,18,21). The molecule has 4 N–H and O–H groups in total. The van der Waals surface area contributed by atoms with Crippen LogP contribution in [0.25, 0.3) is 22.5 Å². The number of aliphatic hydroxyl groups is 1. The van der Waals surface area contributed by atoms with Crippen LogP contribution in [0.3, 0.4) is 0 Å². The molecule has 16 heteroatoms. The van der Waals surface area contributed by atoms with Crippen LogP contribution in [0, 0.1) is 0 Å². The monoisotopic (exact) mass is 806 g/mol. The van der Waals surface area contributed by atoms with Gasteiger partial charge >= 0.3 is 24.4 Å². The van der Waals surface area contributed by atoms with E-state index in [1.807, 2.05) is 24.3 Å². The first-order valence-corrected chi connectivity index (χ1v) is 18.8. The van der Waals surface area contributed by atoms with E-state index in [2.05, 4.69) is 25.6 Å². The van der Waals surface area contributed by atoms with Gasteiger partial charge in [0.2, 0.25) is 0 Å². The summed E-state index contributed by atoms with van der Waals surface area (Å²) < 4.78 is 28.0. The fourth-order valence-electron chi connectivity index (χ4n) is 5.02. The third kappa shape index (κ3) is 16.3. The van der Waals surface area contributed by atoms with Gasteiger partial charge in [-0.3, -0.25) is 0 Å². The van der Waals surface area contributed by atoms with Gasteiger partial charge in [-0.15, -0.1) is 0 Å². The molecule has 0 saturated heterocycles. The number of rotatable bonds is 9. The molecule has 0 aliphatic rings. The summed E-state index contributed by atoms with van der Waals surface area (Å²) in [6, 6.07) is 14.5. The SMILES string of the molecule is CC(C)(C)OC(=O)NCC(O)c1ccccc1-c1cnc[nH]1.CC(C)(C)OC(=O)NCC(OC(=O)OC(C)(C)C)c1ccccc1-c1cn(C(=O)OC(C)(C)C)cn1. The molecule has 316 valence electrons. The van der Waals surface area contributed by atoms with Gasteiger partial charge in [-0.25, -0.2) is 33.7 Å². The van der Waals surface area contributed by atoms with Crippen LogP contribution in [-0.4, -0.2) is 84.6 Å². The van der Waals surface area contributed by atoms with Gasteiger partial charge in [0, 0.05) is 22.9 Å². The highest BCUT2D eigenvalue weighted by molar-refractivity contribution is 5.74. The molecule has 0 spiro atoms. The van der Waals surface area contributed by atoms with Crippen LogP contribution in [0.5, 0.6) is 0 Å². The number of nitrogens with zero attached hydrogens (tertiary/aromatic N) is 3. The number of carbonyl (C=O) groups is 4. The summed E-state index contributed by atoms with van der Waals surface area (Å²) in [7, 11) is 0. The maximum atomic E-state index is 12.5. The van der Waals surface area contributed by atoms with Gasteiger partial charge in [-0.1, -0.05) is 48.5 Å². The van der Waals surface area contributed by atoms with Gasteiger partial charge in [-0.05, 0) is 88.6 Å². The molecule has 0 radical (unpaired) electrons. The number of benzene rings is 2. The van der Waals surface area contributed by atoms with Crippen molar-refractivity contribution in [2.24, 2.45) is 0 Å². The molecule has 0 saturated carbocycles. The number of alkyl carbamates (subject to hydrolysis) is 2. The van der Waals surface area contributed by atoms with E-state index >= 15 is 0 Å². The first kappa shape index (κ1) is 46.5. The first-order valence-electron chi connectivity index (χ1n) is 18.8. The van der Waals surface area contributed by atoms with E-state index in [1.54, 1.807) is 120 Å². The highest BCUT2D eigenvalue weighted by atomic mass is 16.7. The molecule has 2 amide bonds. The molecule has 0 fully saturated rings. The average Bonchev–Trinajstić information content (AvgIpc) is 3.80. The summed E-state index contributed by atoms with van der Waals surface area (Å²) in [4.78, 5) is 60.2. The average molecular weight is 807 g/mol. The largest absolute Gasteiger partial charge is 0.509 e. The normalized spacial score (nSPS) is 12.8. The lowest BCUT2D eigenvalue weighted by atomic mass is 10.00. The number of ether oxygens (including phenoxy) is 5. The number of aromatic nitrogens is 4. The van der Waals surface area contributed by atoms with E-state index in [0.717, 1.165) is 11.3 Å². The number of carbonyl (C=O) groups excluding carboxylic acids is 4. The minimum Gasteiger partial charge on any atom is -0.444 e. The number of hydrogen-bond donors (Lipinski definition) is 4. The van der Waals surface area contributed by atoms with E-state index in [0.29, 0.717) is 22.4 Å². The maximum Gasteiger partial charge on any atom is 0.509 e. The van der Waals surface area contributed by atoms with E-state index in [4.69, 9.17) is 23.7 Å². The highest BCUT2D eigenvalue weighted by Crippen LogP contribution is 2.30. The van der Waals surface area contributed by atoms with Crippen LogP contribution >= 0.6 is 0 Å². The van der Waals surface area contributed by atoms with Crippen LogP contribution in [0.2, 0.25) is 0 Å². The molecule has 0 aliphatic heterocycles. The first-order chi connectivity index (χ1) is 26.8. The number of hydrogen-bond acceptors (Lipinski definition) is 12. The van der Waals surface area contributed by atoms with Crippen molar-refractivity contribution in [3.05, 3.63) is 84.7 Å². The molecular weight excluding hydrogens is 748 g/mol. The lowest BCUT2D eigenvalue weighted by Gasteiger charge is -2.25. The topological polar surface area (TPSA) is 205 Å². The second-order valence-corrected chi connectivity index (χ2v) is 17.1. The van der Waals surface area contributed by atoms with Crippen molar-refractivity contribution in [3.63, 3.8) is 0 Å². The zero-order chi connectivity index (χ0) is 43.5. The van der Waals surface area contributed by atoms with Crippen molar-refractivity contribution in [2.45, 2.75) is 118 Å². The number of aromatic amines is 1. The number of imidazole rings is 2. The number of nitrogens with one attached hydrogen (secondary N) is 3. The van der Waals surface area contributed by atoms with E-state index in [9.17, 15) is 24.3 Å². The van der Waals surface area contributed by atoms with E-state index in [1.165, 1.54) is 17.1 Å². The minimum absolute atomic E-state index is 0.0695. The third-order valence-electron chi connectivity index (χ3n) is 7.18. The minimum atomic E-state index is -0.935. The lowest BCUT2D eigenvalue weighted by Crippen LogP contribution is -2.36. The van der Waals surface area contributed by atoms with Crippen LogP contribution in [0.1, 0.15) is 106 Å². The molecule has 0 bridgehead atoms. The molecular formula is C42H58N6O10. The van der Waals surface area contributed by atoms with Crippen molar-refractivity contribution >= 4 is 24.4 Å². The zero-order valence-electron chi connectivity index (χ0n) is 35.5. The molecule has 16 nitrogen and oxygen atoms in total. The second kappa shape index (κ2) is 19.5. The molecule has 4 rings (SSSR count). The molecule has 0 aliphatic carbocycles. The summed E-state index contributed by atoms with van der Waals surface area (Å²) in [5.41, 5.74) is 1.26. The van der Waals surface area contributed by atoms with Crippen LogP contribution in [0.15, 0.2) is 73.6 Å². The number of aliphatic hydroxyl groups excluding tert-OH is 1. The van der Waals surface area contributed by atoms with Crippen molar-refractivity contribution in [1.29, 1.82) is 0 Å². The quantitative estimate of drug-likeness (QED) is 0.0928. The Morgan fingerprint density at radius 3 is 1.76 bits per heavy atom. The predicted octanol–water partition coefficient (Wildman–Crippen LogP) is 8.49. The second-order valence-electron chi connectivity index (χ2n) is 17.1. The van der Waals surface area contributed by atoms with Crippen molar-refractivity contribution in [2.75, 3.05) is 13.1 Å². The van der Waals surface area contributed by atoms with Crippen molar-refractivity contribution < 1.29 is 48.0 Å². The van der Waals surface area contributed by atoms with Gasteiger partial charge in [0.1, 0.15) is 34.8 Å². The van der Waals surface area contributed by atoms with E-state index < -0.39 is 59.0 Å². The summed E-state index contributed by atoms with van der Waals surface area (Å²) in [5.74, 6) is 0. The number of amides is 2. The highest BCUT2D eigenvalue weighted by Gasteiger charge is 2.28. The Hall–Kier alpha value is -5.90. The number of H-pyrrole nitrogens is 1. The molecule has 2 unspecified atom stereocenters. The Morgan fingerprint density at radius 2 is 1.22 bits per heavy atom. The van der Waals surface area contributed by atoms with Crippen LogP contribution < -0.4 is 10.6 Å². The molecule has 4 aromatic rings. The van der Waals surface area contributed by atoms with Gasteiger partial charge < -0.3 is 44.4 Å². The van der Waals surface area contributed by atoms with Crippen molar-refractivity contribution in [3.8, 4) is 22.5 Å². The zero-order valence-corrected chi connectivity index (χ0v) is 35.5. The van der Waals surface area contributed by atoms with Gasteiger partial charge in [-0.2, -0.15) is 0 Å². The smallest absolute Gasteiger partial charge is 0.444 e. The fourth-order valence-corrected chi connectivity index (χ4v) is 5.02. The Bertz CT molecular complexity index is 1960. The molecule has 2 atom stereocenters. The Kier molecular flexibility index (Phi) is 15.6. The van der Waals surface area contributed by atoms with Gasteiger partial charge in [0.15, 0.2) is 0 Å². The summed E-state index contributed by atoms with van der Waals surface area (Å²) in [5, 5.41) is 15.6. The van der Waals surface area contributed by atoms with Crippen LogP contribution in [-0.2, 0) is 23.7 Å².